The van der Waals surface area contributed by atoms with Crippen molar-refractivity contribution < 1.29 is 9.84 Å². The van der Waals surface area contributed by atoms with Gasteiger partial charge in [0.25, 0.3) is 0 Å². The number of hydrogen-bond donors (Lipinski definition) is 1. The minimum atomic E-state index is -0.357. The molecule has 0 aromatic heterocycles. The lowest BCUT2D eigenvalue weighted by atomic mass is 10.3. The van der Waals surface area contributed by atoms with Crippen molar-refractivity contribution in [3.05, 3.63) is 28.8 Å². The van der Waals surface area contributed by atoms with E-state index in [1.807, 2.05) is 6.92 Å². The fourth-order valence-corrected chi connectivity index (χ4v) is 0.588. The summed E-state index contributed by atoms with van der Waals surface area (Å²) >= 11 is 0. The molecule has 0 saturated heterocycles. The van der Waals surface area contributed by atoms with Crippen molar-refractivity contribution in [2.45, 2.75) is 20.3 Å². The number of aliphatic hydroxyl groups excluding tert-OH is 1. The Morgan fingerprint density at radius 2 is 2.25 bits per heavy atom. The SMILES string of the molecule is CC/C=C\C([N+]#N)=C(\O)OCC. The van der Waals surface area contributed by atoms with E-state index in [9.17, 15) is 0 Å². The van der Waals surface area contributed by atoms with Crippen LogP contribution in [-0.4, -0.2) is 11.7 Å². The lowest BCUT2D eigenvalue weighted by molar-refractivity contribution is 0.0999. The highest BCUT2D eigenvalue weighted by Crippen LogP contribution is 2.06. The number of aliphatic hydroxyl groups is 1. The Morgan fingerprint density at radius 3 is 2.67 bits per heavy atom. The van der Waals surface area contributed by atoms with Crippen molar-refractivity contribution in [1.82, 2.24) is 0 Å². The van der Waals surface area contributed by atoms with E-state index in [2.05, 4.69) is 4.98 Å². The van der Waals surface area contributed by atoms with Crippen LogP contribution in [0.4, 0.5) is 0 Å². The van der Waals surface area contributed by atoms with Crippen molar-refractivity contribution in [3.63, 3.8) is 0 Å². The Labute approximate surface area is 71.8 Å². The van der Waals surface area contributed by atoms with Crippen LogP contribution in [0, 0.1) is 5.39 Å². The van der Waals surface area contributed by atoms with E-state index < -0.39 is 0 Å². The van der Waals surface area contributed by atoms with Gasteiger partial charge in [-0.2, -0.15) is 0 Å². The largest absolute Gasteiger partial charge is 0.475 e. The van der Waals surface area contributed by atoms with Crippen molar-refractivity contribution in [3.8, 4) is 0 Å². The second-order valence-corrected chi connectivity index (χ2v) is 2.03. The van der Waals surface area contributed by atoms with Crippen LogP contribution in [-0.2, 0) is 4.74 Å². The van der Waals surface area contributed by atoms with E-state index >= 15 is 0 Å². The van der Waals surface area contributed by atoms with Crippen LogP contribution in [0.25, 0.3) is 4.98 Å². The van der Waals surface area contributed by atoms with Crippen LogP contribution in [0.1, 0.15) is 20.3 Å². The van der Waals surface area contributed by atoms with Crippen LogP contribution < -0.4 is 0 Å². The lowest BCUT2D eigenvalue weighted by Gasteiger charge is -1.94. The molecule has 0 aromatic rings. The van der Waals surface area contributed by atoms with Gasteiger partial charge in [0.1, 0.15) is 0 Å². The zero-order chi connectivity index (χ0) is 9.40. The van der Waals surface area contributed by atoms with Crippen LogP contribution in [0.2, 0.25) is 0 Å². The first-order valence-electron chi connectivity index (χ1n) is 3.83. The second kappa shape index (κ2) is 6.23. The standard InChI is InChI=1S/C8H12N2O2/c1-3-5-6-7(10-9)8(11)12-4-2/h5-6H,3-4H2,1-2H3/p+1/b6-5-,8-7+. The average Bonchev–Trinajstić information content (AvgIpc) is 2.06. The number of rotatable bonds is 4. The summed E-state index contributed by atoms with van der Waals surface area (Å²) in [5, 5.41) is 17.5. The third kappa shape index (κ3) is 3.62. The lowest BCUT2D eigenvalue weighted by Crippen LogP contribution is -1.92. The zero-order valence-electron chi connectivity index (χ0n) is 7.32. The monoisotopic (exact) mass is 169 g/mol. The Hall–Kier alpha value is -1.50. The molecule has 0 aromatic carbocycles. The van der Waals surface area contributed by atoms with E-state index in [1.54, 1.807) is 13.0 Å². The predicted molar refractivity (Wildman–Crippen MR) is 45.8 cm³/mol. The van der Waals surface area contributed by atoms with E-state index in [-0.39, 0.29) is 11.6 Å². The topological polar surface area (TPSA) is 57.6 Å². The van der Waals surface area contributed by atoms with Gasteiger partial charge in [0.05, 0.1) is 6.61 Å². The van der Waals surface area contributed by atoms with Crippen LogP contribution >= 0.6 is 0 Å². The van der Waals surface area contributed by atoms with E-state index in [4.69, 9.17) is 15.2 Å². The maximum Gasteiger partial charge on any atom is 0.463 e. The zero-order valence-corrected chi connectivity index (χ0v) is 7.32. The first-order valence-corrected chi connectivity index (χ1v) is 3.83. The summed E-state index contributed by atoms with van der Waals surface area (Å²) in [5.41, 5.74) is 0.0405. The number of hydrogen-bond acceptors (Lipinski definition) is 3. The molecule has 0 aliphatic rings. The summed E-state index contributed by atoms with van der Waals surface area (Å²) in [6.45, 7) is 4.00. The number of allylic oxidation sites excluding steroid dienone is 2. The quantitative estimate of drug-likeness (QED) is 0.399. The molecule has 0 heterocycles. The molecule has 0 saturated carbocycles. The van der Waals surface area contributed by atoms with Gasteiger partial charge >= 0.3 is 11.6 Å². The fraction of sp³-hybridized carbons (Fsp3) is 0.500. The highest BCUT2D eigenvalue weighted by Gasteiger charge is 2.15. The van der Waals surface area contributed by atoms with E-state index in [1.165, 1.54) is 6.08 Å². The molecule has 0 radical (unpaired) electrons. The molecule has 0 atom stereocenters. The van der Waals surface area contributed by atoms with Crippen molar-refractivity contribution >= 4 is 0 Å². The molecule has 0 aliphatic heterocycles. The average molecular weight is 169 g/mol. The first-order chi connectivity index (χ1) is 5.76. The van der Waals surface area contributed by atoms with Crippen LogP contribution in [0.15, 0.2) is 23.8 Å². The predicted octanol–water partition coefficient (Wildman–Crippen LogP) is 2.57. The van der Waals surface area contributed by atoms with Gasteiger partial charge in [-0.25, -0.2) is 0 Å². The number of ether oxygens (including phenoxy) is 1. The minimum absolute atomic E-state index is 0.0405. The Morgan fingerprint density at radius 1 is 1.58 bits per heavy atom. The van der Waals surface area contributed by atoms with Crippen molar-refractivity contribution in [2.24, 2.45) is 0 Å². The van der Waals surface area contributed by atoms with E-state index in [0.29, 0.717) is 6.61 Å². The third-order valence-corrected chi connectivity index (χ3v) is 1.12. The highest BCUT2D eigenvalue weighted by molar-refractivity contribution is 5.24. The third-order valence-electron chi connectivity index (χ3n) is 1.12. The van der Waals surface area contributed by atoms with Gasteiger partial charge in [-0.3, -0.25) is 0 Å². The molecule has 0 rings (SSSR count). The van der Waals surface area contributed by atoms with Crippen LogP contribution in [0.3, 0.4) is 0 Å². The second-order valence-electron chi connectivity index (χ2n) is 2.03. The van der Waals surface area contributed by atoms with Gasteiger partial charge in [0.15, 0.2) is 4.98 Å². The number of nitrogens with zero attached hydrogens (tertiary/aromatic N) is 2. The summed E-state index contributed by atoms with van der Waals surface area (Å²) < 4.78 is 4.72. The molecule has 1 N–H and O–H groups in total. The Bertz CT molecular complexity index is 226. The van der Waals surface area contributed by atoms with Crippen molar-refractivity contribution in [1.29, 1.82) is 5.39 Å². The van der Waals surface area contributed by atoms with Gasteiger partial charge in [-0.1, -0.05) is 13.0 Å². The van der Waals surface area contributed by atoms with Gasteiger partial charge in [-0.15, -0.1) is 0 Å². The van der Waals surface area contributed by atoms with Crippen molar-refractivity contribution in [2.75, 3.05) is 6.61 Å². The Balaban J connectivity index is 4.41. The first kappa shape index (κ1) is 10.5. The molecular formula is C8H13N2O2+. The van der Waals surface area contributed by atoms with E-state index in [0.717, 1.165) is 6.42 Å². The molecule has 66 valence electrons. The molecule has 4 heteroatoms. The summed E-state index contributed by atoms with van der Waals surface area (Å²) in [7, 11) is 0. The van der Waals surface area contributed by atoms with Gasteiger partial charge in [0, 0.05) is 6.08 Å². The molecule has 0 aliphatic carbocycles. The fourth-order valence-electron chi connectivity index (χ4n) is 0.588. The summed E-state index contributed by atoms with van der Waals surface area (Å²) in [4.78, 5) is 2.86. The Kier molecular flexibility index (Phi) is 5.45. The number of diazo groups is 1. The van der Waals surface area contributed by atoms with Gasteiger partial charge in [-0.05, 0) is 13.3 Å². The smallest absolute Gasteiger partial charge is 0.463 e. The molecule has 0 spiro atoms. The molecule has 0 amide bonds. The molecule has 4 nitrogen and oxygen atoms in total. The maximum absolute atomic E-state index is 9.09. The molecule has 0 unspecified atom stereocenters. The van der Waals surface area contributed by atoms with Gasteiger partial charge in [0.2, 0.25) is 5.39 Å². The van der Waals surface area contributed by atoms with Crippen LogP contribution in [0.5, 0.6) is 0 Å². The summed E-state index contributed by atoms with van der Waals surface area (Å²) in [6.07, 6.45) is 4.05. The molecule has 0 fully saturated rings. The normalized spacial score (nSPS) is 12.4. The molecular weight excluding hydrogens is 156 g/mol. The summed E-state index contributed by atoms with van der Waals surface area (Å²) in [6, 6.07) is 0. The summed E-state index contributed by atoms with van der Waals surface area (Å²) in [5.74, 6) is -0.357. The van der Waals surface area contributed by atoms with Gasteiger partial charge < -0.3 is 9.84 Å². The molecule has 0 bridgehead atoms. The maximum atomic E-state index is 9.09. The highest BCUT2D eigenvalue weighted by atomic mass is 16.6. The minimum Gasteiger partial charge on any atom is -0.475 e. The molecule has 12 heavy (non-hydrogen) atoms.